The van der Waals surface area contributed by atoms with E-state index < -0.39 is 7.82 Å². The van der Waals surface area contributed by atoms with Gasteiger partial charge in [0.25, 0.3) is 0 Å². The third-order valence-corrected chi connectivity index (χ3v) is 4.76. The fraction of sp³-hybridized carbons (Fsp3) is 1.00. The lowest BCUT2D eigenvalue weighted by atomic mass is 9.84. The summed E-state index contributed by atoms with van der Waals surface area (Å²) in [5.41, 5.74) is 0. The molecule has 114 valence electrons. The predicted molar refractivity (Wildman–Crippen MR) is 77.0 cm³/mol. The average Bonchev–Trinajstić information content (AvgIpc) is 2.42. The molecule has 0 saturated heterocycles. The number of phosphoric ester groups is 1. The van der Waals surface area contributed by atoms with Crippen molar-refractivity contribution in [2.45, 2.75) is 65.2 Å². The first-order valence-corrected chi connectivity index (χ1v) is 9.15. The summed E-state index contributed by atoms with van der Waals surface area (Å²) in [5.74, 6) is 1.17. The van der Waals surface area contributed by atoms with Gasteiger partial charge in [0.2, 0.25) is 0 Å². The first-order valence-electron chi connectivity index (χ1n) is 7.65. The van der Waals surface area contributed by atoms with E-state index in [9.17, 15) is 9.46 Å². The van der Waals surface area contributed by atoms with E-state index in [0.717, 1.165) is 12.3 Å². The van der Waals surface area contributed by atoms with Crippen LogP contribution in [0.4, 0.5) is 0 Å². The van der Waals surface area contributed by atoms with E-state index in [-0.39, 0.29) is 6.61 Å². The third-order valence-electron chi connectivity index (χ3n) is 3.77. The first-order chi connectivity index (χ1) is 9.03. The molecule has 0 aromatic carbocycles. The van der Waals surface area contributed by atoms with Gasteiger partial charge in [0, 0.05) is 0 Å². The maximum Gasteiger partial charge on any atom is 0.472 e. The van der Waals surface area contributed by atoms with E-state index in [2.05, 4.69) is 6.92 Å². The van der Waals surface area contributed by atoms with E-state index in [1.54, 1.807) is 0 Å². The Labute approximate surface area is 117 Å². The molecule has 0 spiro atoms. The maximum absolute atomic E-state index is 11.5. The minimum Gasteiger partial charge on any atom is -0.302 e. The zero-order valence-corrected chi connectivity index (χ0v) is 13.2. The largest absolute Gasteiger partial charge is 0.472 e. The molecule has 0 aromatic heterocycles. The summed E-state index contributed by atoms with van der Waals surface area (Å²) in [6.07, 6.45) is 9.83. The van der Waals surface area contributed by atoms with Crippen molar-refractivity contribution >= 4 is 7.82 Å². The SMILES string of the molecule is CCCOP(=O)(O)OCC(C)CCC1CCCCC1. The lowest BCUT2D eigenvalue weighted by Crippen LogP contribution is -2.11. The minimum atomic E-state index is -3.82. The van der Waals surface area contributed by atoms with E-state index in [0.29, 0.717) is 18.9 Å². The number of rotatable bonds is 9. The van der Waals surface area contributed by atoms with Crippen LogP contribution in [0.15, 0.2) is 0 Å². The van der Waals surface area contributed by atoms with Crippen molar-refractivity contribution in [3.05, 3.63) is 0 Å². The van der Waals surface area contributed by atoms with Gasteiger partial charge in [0.05, 0.1) is 13.2 Å². The van der Waals surface area contributed by atoms with Gasteiger partial charge in [-0.15, -0.1) is 0 Å². The van der Waals surface area contributed by atoms with Crippen LogP contribution in [0.5, 0.6) is 0 Å². The summed E-state index contributed by atoms with van der Waals surface area (Å²) >= 11 is 0. The zero-order chi connectivity index (χ0) is 14.1. The van der Waals surface area contributed by atoms with Gasteiger partial charge in [-0.3, -0.25) is 9.05 Å². The Morgan fingerprint density at radius 2 is 1.95 bits per heavy atom. The van der Waals surface area contributed by atoms with Gasteiger partial charge in [-0.1, -0.05) is 52.4 Å². The minimum absolute atomic E-state index is 0.268. The normalized spacial score (nSPS) is 22.1. The van der Waals surface area contributed by atoms with Crippen LogP contribution in [0, 0.1) is 11.8 Å². The van der Waals surface area contributed by atoms with E-state index >= 15 is 0 Å². The van der Waals surface area contributed by atoms with Gasteiger partial charge < -0.3 is 4.89 Å². The Morgan fingerprint density at radius 3 is 2.58 bits per heavy atom. The van der Waals surface area contributed by atoms with Crippen LogP contribution < -0.4 is 0 Å². The molecule has 1 aliphatic carbocycles. The highest BCUT2D eigenvalue weighted by atomic mass is 31.2. The molecule has 2 atom stereocenters. The fourth-order valence-corrected chi connectivity index (χ4v) is 3.48. The molecule has 0 heterocycles. The average molecular weight is 292 g/mol. The van der Waals surface area contributed by atoms with Crippen LogP contribution in [-0.2, 0) is 13.6 Å². The molecule has 1 fully saturated rings. The predicted octanol–water partition coefficient (Wildman–Crippen LogP) is 4.53. The Hall–Kier alpha value is 0.110. The van der Waals surface area contributed by atoms with Crippen LogP contribution in [0.25, 0.3) is 0 Å². The number of hydrogen-bond donors (Lipinski definition) is 1. The highest BCUT2D eigenvalue weighted by molar-refractivity contribution is 7.47. The molecule has 1 saturated carbocycles. The van der Waals surface area contributed by atoms with Crippen molar-refractivity contribution in [3.63, 3.8) is 0 Å². The van der Waals surface area contributed by atoms with Crippen molar-refractivity contribution in [3.8, 4) is 0 Å². The highest BCUT2D eigenvalue weighted by Crippen LogP contribution is 2.43. The molecular formula is C14H29O4P. The Bertz CT molecular complexity index is 277. The summed E-state index contributed by atoms with van der Waals surface area (Å²) in [7, 11) is -3.82. The molecule has 0 radical (unpaired) electrons. The number of phosphoric acid groups is 1. The monoisotopic (exact) mass is 292 g/mol. The van der Waals surface area contributed by atoms with Gasteiger partial charge in [0.15, 0.2) is 0 Å². The fourth-order valence-electron chi connectivity index (χ4n) is 2.54. The van der Waals surface area contributed by atoms with Gasteiger partial charge in [-0.05, 0) is 24.7 Å². The van der Waals surface area contributed by atoms with E-state index in [4.69, 9.17) is 9.05 Å². The van der Waals surface area contributed by atoms with Gasteiger partial charge in [0.1, 0.15) is 0 Å². The van der Waals surface area contributed by atoms with Gasteiger partial charge in [-0.25, -0.2) is 4.57 Å². The van der Waals surface area contributed by atoms with Crippen molar-refractivity contribution in [1.29, 1.82) is 0 Å². The molecule has 0 bridgehead atoms. The second-order valence-electron chi connectivity index (χ2n) is 5.78. The highest BCUT2D eigenvalue weighted by Gasteiger charge is 2.22. The molecule has 4 nitrogen and oxygen atoms in total. The molecule has 2 unspecified atom stereocenters. The summed E-state index contributed by atoms with van der Waals surface area (Å²) in [5, 5.41) is 0. The van der Waals surface area contributed by atoms with Crippen LogP contribution >= 0.6 is 7.82 Å². The second-order valence-corrected chi connectivity index (χ2v) is 7.24. The molecule has 0 aliphatic heterocycles. The summed E-state index contributed by atoms with van der Waals surface area (Å²) < 4.78 is 21.3. The van der Waals surface area contributed by atoms with E-state index in [1.807, 2.05) is 6.92 Å². The van der Waals surface area contributed by atoms with Crippen molar-refractivity contribution in [2.75, 3.05) is 13.2 Å². The first kappa shape index (κ1) is 17.2. The van der Waals surface area contributed by atoms with Crippen LogP contribution in [0.1, 0.15) is 65.2 Å². The third kappa shape index (κ3) is 8.09. The summed E-state index contributed by atoms with van der Waals surface area (Å²) in [4.78, 5) is 9.42. The van der Waals surface area contributed by atoms with Crippen molar-refractivity contribution < 1.29 is 18.5 Å². The molecule has 5 heteroatoms. The van der Waals surface area contributed by atoms with Crippen LogP contribution in [-0.4, -0.2) is 18.1 Å². The van der Waals surface area contributed by atoms with Gasteiger partial charge >= 0.3 is 7.82 Å². The quantitative estimate of drug-likeness (QED) is 0.634. The summed E-state index contributed by atoms with van der Waals surface area (Å²) in [6.45, 7) is 4.55. The zero-order valence-electron chi connectivity index (χ0n) is 12.3. The molecule has 19 heavy (non-hydrogen) atoms. The van der Waals surface area contributed by atoms with Crippen LogP contribution in [0.3, 0.4) is 0 Å². The molecule has 1 rings (SSSR count). The molecule has 1 aliphatic rings. The van der Waals surface area contributed by atoms with Crippen molar-refractivity contribution in [1.82, 2.24) is 0 Å². The lowest BCUT2D eigenvalue weighted by Gasteiger charge is -2.23. The van der Waals surface area contributed by atoms with Crippen LogP contribution in [0.2, 0.25) is 0 Å². The Balaban J connectivity index is 2.12. The maximum atomic E-state index is 11.5. The van der Waals surface area contributed by atoms with E-state index in [1.165, 1.54) is 38.5 Å². The molecule has 0 amide bonds. The molecule has 0 aromatic rings. The van der Waals surface area contributed by atoms with Crippen molar-refractivity contribution in [2.24, 2.45) is 11.8 Å². The Morgan fingerprint density at radius 1 is 1.26 bits per heavy atom. The Kier molecular flexibility index (Phi) is 8.24. The molecule has 1 N–H and O–H groups in total. The number of hydrogen-bond acceptors (Lipinski definition) is 3. The smallest absolute Gasteiger partial charge is 0.302 e. The molecular weight excluding hydrogens is 263 g/mol. The second kappa shape index (κ2) is 9.12. The summed E-state index contributed by atoms with van der Waals surface area (Å²) in [6, 6.07) is 0. The lowest BCUT2D eigenvalue weighted by molar-refractivity contribution is 0.130. The standard InChI is InChI=1S/C14H29O4P/c1-3-11-17-19(15,16)18-12-13(2)9-10-14-7-5-4-6-8-14/h13-14H,3-12H2,1-2H3,(H,15,16). The topological polar surface area (TPSA) is 55.8 Å². The van der Waals surface area contributed by atoms with Gasteiger partial charge in [-0.2, -0.15) is 0 Å².